The number of nitrogens with zero attached hydrogens (tertiary/aromatic N) is 3. The lowest BCUT2D eigenvalue weighted by Gasteiger charge is -2.26. The number of fused-ring (bicyclic) bond motifs is 1. The molecule has 106 valence electrons. The zero-order chi connectivity index (χ0) is 14.3. The predicted octanol–water partition coefficient (Wildman–Crippen LogP) is 1.82. The molecule has 20 heavy (non-hydrogen) atoms. The van der Waals surface area contributed by atoms with E-state index in [-0.39, 0.29) is 4.90 Å². The van der Waals surface area contributed by atoms with Crippen molar-refractivity contribution in [2.24, 2.45) is 7.05 Å². The molecule has 0 unspecified atom stereocenters. The Morgan fingerprint density at radius 2 is 1.95 bits per heavy atom. The largest absolute Gasteiger partial charge is 0.336 e. The van der Waals surface area contributed by atoms with Crippen LogP contribution in [0.2, 0.25) is 5.02 Å². The Kier molecular flexibility index (Phi) is 3.32. The zero-order valence-electron chi connectivity index (χ0n) is 11.0. The van der Waals surface area contributed by atoms with Crippen molar-refractivity contribution < 1.29 is 8.42 Å². The highest BCUT2D eigenvalue weighted by Crippen LogP contribution is 2.24. The number of aryl methyl sites for hydroxylation is 1. The van der Waals surface area contributed by atoms with Crippen LogP contribution >= 0.6 is 11.6 Å². The second-order valence-corrected chi connectivity index (χ2v) is 7.17. The van der Waals surface area contributed by atoms with Crippen molar-refractivity contribution in [3.63, 3.8) is 0 Å². The molecule has 3 rings (SSSR count). The molecule has 1 aromatic carbocycles. The first-order chi connectivity index (χ1) is 9.48. The zero-order valence-corrected chi connectivity index (χ0v) is 12.5. The average Bonchev–Trinajstić information content (AvgIpc) is 2.80. The molecule has 0 amide bonds. The fourth-order valence-corrected chi connectivity index (χ4v) is 3.88. The number of hydrogen-bond donors (Lipinski definition) is 0. The molecule has 1 aromatic heterocycles. The average molecular weight is 312 g/mol. The summed E-state index contributed by atoms with van der Waals surface area (Å²) in [5.41, 5.74) is 1.93. The number of imidazole rings is 1. The van der Waals surface area contributed by atoms with Crippen LogP contribution in [0.1, 0.15) is 11.4 Å². The van der Waals surface area contributed by atoms with Crippen molar-refractivity contribution in [2.45, 2.75) is 17.9 Å². The van der Waals surface area contributed by atoms with Crippen LogP contribution in [0.25, 0.3) is 0 Å². The molecular weight excluding hydrogens is 298 g/mol. The Labute approximate surface area is 122 Å². The Morgan fingerprint density at radius 3 is 2.65 bits per heavy atom. The van der Waals surface area contributed by atoms with Crippen LogP contribution in [0.5, 0.6) is 0 Å². The minimum Gasteiger partial charge on any atom is -0.336 e. The van der Waals surface area contributed by atoms with Gasteiger partial charge in [0.15, 0.2) is 0 Å². The van der Waals surface area contributed by atoms with Crippen molar-refractivity contribution in [1.82, 2.24) is 13.9 Å². The molecule has 0 aliphatic carbocycles. The standard InChI is InChI=1S/C13H14ClN3O2S/c1-16-9-15-12-6-7-17(8-13(12)16)20(18,19)11-4-2-10(14)3-5-11/h2-5,9H,6-8H2,1H3. The summed E-state index contributed by atoms with van der Waals surface area (Å²) < 4.78 is 28.5. The summed E-state index contributed by atoms with van der Waals surface area (Å²) in [6.07, 6.45) is 2.37. The van der Waals surface area contributed by atoms with Gasteiger partial charge in [0, 0.05) is 25.0 Å². The van der Waals surface area contributed by atoms with Crippen molar-refractivity contribution >= 4 is 21.6 Å². The molecule has 0 saturated heterocycles. The van der Waals surface area contributed by atoms with Gasteiger partial charge >= 0.3 is 0 Å². The molecule has 0 fully saturated rings. The molecular formula is C13H14ClN3O2S. The molecule has 0 spiro atoms. The summed E-state index contributed by atoms with van der Waals surface area (Å²) in [6, 6.07) is 6.26. The third-order valence-corrected chi connectivity index (χ3v) is 5.63. The van der Waals surface area contributed by atoms with Gasteiger partial charge in [0.2, 0.25) is 10.0 Å². The Hall–Kier alpha value is -1.37. The SMILES string of the molecule is Cn1cnc2c1CN(S(=O)(=O)c1ccc(Cl)cc1)CC2. The maximum atomic E-state index is 12.6. The van der Waals surface area contributed by atoms with E-state index >= 15 is 0 Å². The van der Waals surface area contributed by atoms with Crippen LogP contribution in [-0.4, -0.2) is 28.8 Å². The van der Waals surface area contributed by atoms with Crippen LogP contribution in [0.3, 0.4) is 0 Å². The van der Waals surface area contributed by atoms with Gasteiger partial charge in [-0.05, 0) is 24.3 Å². The van der Waals surface area contributed by atoms with Crippen LogP contribution in [0, 0.1) is 0 Å². The normalized spacial score (nSPS) is 16.1. The maximum Gasteiger partial charge on any atom is 0.243 e. The van der Waals surface area contributed by atoms with Crippen LogP contribution in [0.15, 0.2) is 35.5 Å². The monoisotopic (exact) mass is 311 g/mol. The molecule has 7 heteroatoms. The molecule has 1 aliphatic rings. The molecule has 0 bridgehead atoms. The number of sulfonamides is 1. The molecule has 0 atom stereocenters. The van der Waals surface area contributed by atoms with Crippen LogP contribution < -0.4 is 0 Å². The summed E-state index contributed by atoms with van der Waals surface area (Å²) >= 11 is 5.80. The number of hydrogen-bond acceptors (Lipinski definition) is 3. The summed E-state index contributed by atoms with van der Waals surface area (Å²) in [5.74, 6) is 0. The molecule has 5 nitrogen and oxygen atoms in total. The van der Waals surface area contributed by atoms with E-state index in [1.165, 1.54) is 16.4 Å². The summed E-state index contributed by atoms with van der Waals surface area (Å²) in [5, 5.41) is 0.525. The van der Waals surface area contributed by atoms with Crippen molar-refractivity contribution in [2.75, 3.05) is 6.54 Å². The molecule has 0 saturated carbocycles. The van der Waals surface area contributed by atoms with Gasteiger partial charge in [0.1, 0.15) is 0 Å². The molecule has 0 N–H and O–H groups in total. The van der Waals surface area contributed by atoms with E-state index in [2.05, 4.69) is 4.98 Å². The minimum absolute atomic E-state index is 0.271. The van der Waals surface area contributed by atoms with Gasteiger partial charge in [-0.2, -0.15) is 4.31 Å². The first-order valence-electron chi connectivity index (χ1n) is 6.23. The fourth-order valence-electron chi connectivity index (χ4n) is 2.35. The number of rotatable bonds is 2. The molecule has 0 radical (unpaired) electrons. The quantitative estimate of drug-likeness (QED) is 0.850. The smallest absolute Gasteiger partial charge is 0.243 e. The second-order valence-electron chi connectivity index (χ2n) is 4.79. The Bertz CT molecular complexity index is 737. The van der Waals surface area contributed by atoms with Gasteiger partial charge in [0.25, 0.3) is 0 Å². The highest BCUT2D eigenvalue weighted by Gasteiger charge is 2.30. The van der Waals surface area contributed by atoms with Gasteiger partial charge in [-0.3, -0.25) is 0 Å². The molecule has 1 aliphatic heterocycles. The first kappa shape index (κ1) is 13.6. The number of benzene rings is 1. The second kappa shape index (κ2) is 4.87. The fraction of sp³-hybridized carbons (Fsp3) is 0.308. The van der Waals surface area contributed by atoms with E-state index in [0.717, 1.165) is 11.4 Å². The van der Waals surface area contributed by atoms with Gasteiger partial charge in [0.05, 0.1) is 29.2 Å². The summed E-state index contributed by atoms with van der Waals surface area (Å²) in [6.45, 7) is 0.811. The van der Waals surface area contributed by atoms with Crippen molar-refractivity contribution in [3.8, 4) is 0 Å². The van der Waals surface area contributed by atoms with E-state index in [4.69, 9.17) is 11.6 Å². The van der Waals surface area contributed by atoms with Gasteiger partial charge in [-0.15, -0.1) is 0 Å². The lowest BCUT2D eigenvalue weighted by molar-refractivity contribution is 0.380. The highest BCUT2D eigenvalue weighted by molar-refractivity contribution is 7.89. The minimum atomic E-state index is -3.48. The summed E-state index contributed by atoms with van der Waals surface area (Å²) in [4.78, 5) is 4.55. The van der Waals surface area contributed by atoms with Crippen molar-refractivity contribution in [3.05, 3.63) is 47.0 Å². The van der Waals surface area contributed by atoms with Crippen molar-refractivity contribution in [1.29, 1.82) is 0 Å². The van der Waals surface area contributed by atoms with E-state index in [0.29, 0.717) is 24.5 Å². The number of aromatic nitrogens is 2. The lowest BCUT2D eigenvalue weighted by atomic mass is 10.2. The third kappa shape index (κ3) is 2.24. The molecule has 2 heterocycles. The topological polar surface area (TPSA) is 55.2 Å². The number of halogens is 1. The Morgan fingerprint density at radius 1 is 1.25 bits per heavy atom. The van der Waals surface area contributed by atoms with Crippen LogP contribution in [-0.2, 0) is 30.0 Å². The first-order valence-corrected chi connectivity index (χ1v) is 8.05. The highest BCUT2D eigenvalue weighted by atomic mass is 35.5. The van der Waals surface area contributed by atoms with E-state index in [1.54, 1.807) is 18.5 Å². The van der Waals surface area contributed by atoms with Gasteiger partial charge in [-0.1, -0.05) is 11.6 Å². The Balaban J connectivity index is 1.94. The van der Waals surface area contributed by atoms with Crippen LogP contribution in [0.4, 0.5) is 0 Å². The lowest BCUT2D eigenvalue weighted by Crippen LogP contribution is -2.36. The third-order valence-electron chi connectivity index (χ3n) is 3.52. The van der Waals surface area contributed by atoms with Gasteiger partial charge < -0.3 is 4.57 Å². The predicted molar refractivity (Wildman–Crippen MR) is 76.0 cm³/mol. The van der Waals surface area contributed by atoms with Gasteiger partial charge in [-0.25, -0.2) is 13.4 Å². The summed E-state index contributed by atoms with van der Waals surface area (Å²) in [7, 11) is -1.60. The van der Waals surface area contributed by atoms with E-state index in [1.807, 2.05) is 11.6 Å². The molecule has 2 aromatic rings. The van der Waals surface area contributed by atoms with E-state index in [9.17, 15) is 8.42 Å². The van der Waals surface area contributed by atoms with E-state index < -0.39 is 10.0 Å². The maximum absolute atomic E-state index is 12.6.